The minimum Gasteiger partial charge on any atom is -0.443 e. The molecule has 0 atom stereocenters. The van der Waals surface area contributed by atoms with Crippen molar-refractivity contribution >= 4 is 29.0 Å². The second kappa shape index (κ2) is 14.0. The zero-order chi connectivity index (χ0) is 33.3. The average molecular weight is 661 g/mol. The molecule has 6 aromatic rings. The molecule has 0 saturated heterocycles. The summed E-state index contributed by atoms with van der Waals surface area (Å²) in [5.41, 5.74) is 5.34. The van der Waals surface area contributed by atoms with Crippen molar-refractivity contribution in [2.45, 2.75) is 84.4 Å². The van der Waals surface area contributed by atoms with Crippen LogP contribution < -0.4 is 9.80 Å². The Morgan fingerprint density at radius 3 is 1.78 bits per heavy atom. The predicted molar refractivity (Wildman–Crippen MR) is 190 cm³/mol. The van der Waals surface area contributed by atoms with Crippen molar-refractivity contribution in [2.24, 2.45) is 0 Å². The molecule has 0 aromatic carbocycles. The minimum atomic E-state index is -0.597. The zero-order valence-corrected chi connectivity index (χ0v) is 27.8. The number of ether oxygens (including phenoxy) is 1. The molecule has 6 heterocycles. The summed E-state index contributed by atoms with van der Waals surface area (Å²) in [6, 6.07) is 15.8. The molecule has 2 fully saturated rings. The van der Waals surface area contributed by atoms with Gasteiger partial charge in [0.15, 0.2) is 11.3 Å². The van der Waals surface area contributed by atoms with Gasteiger partial charge in [-0.05, 0) is 69.7 Å². The molecule has 0 radical (unpaired) electrons. The first-order valence-electron chi connectivity index (χ1n) is 16.4. The van der Waals surface area contributed by atoms with E-state index in [1.807, 2.05) is 67.9 Å². The lowest BCUT2D eigenvalue weighted by Gasteiger charge is -2.28. The van der Waals surface area contributed by atoms with Crippen LogP contribution in [0.25, 0.3) is 11.3 Å². The fourth-order valence-corrected chi connectivity index (χ4v) is 5.55. The predicted octanol–water partition coefficient (Wildman–Crippen LogP) is 7.22. The van der Waals surface area contributed by atoms with E-state index in [9.17, 15) is 4.79 Å². The smallest absolute Gasteiger partial charge is 0.416 e. The molecule has 6 aromatic heterocycles. The molecule has 12 nitrogen and oxygen atoms in total. The third-order valence-corrected chi connectivity index (χ3v) is 8.20. The van der Waals surface area contributed by atoms with Crippen LogP contribution >= 0.6 is 0 Å². The highest BCUT2D eigenvalue weighted by molar-refractivity contribution is 5.87. The molecule has 0 N–H and O–H groups in total. The number of anilines is 2. The highest BCUT2D eigenvalue weighted by Crippen LogP contribution is 2.41. The molecule has 0 unspecified atom stereocenters. The summed E-state index contributed by atoms with van der Waals surface area (Å²) in [5.74, 6) is 2.83. The molecule has 2 aliphatic rings. The van der Waals surface area contributed by atoms with Gasteiger partial charge in [-0.3, -0.25) is 14.9 Å². The molecule has 2 aliphatic carbocycles. The van der Waals surface area contributed by atoms with Crippen LogP contribution in [0.15, 0.2) is 85.7 Å². The molecule has 12 heteroatoms. The lowest BCUT2D eigenvalue weighted by Crippen LogP contribution is -2.37. The lowest BCUT2D eigenvalue weighted by atomic mass is 10.2. The van der Waals surface area contributed by atoms with Crippen LogP contribution in [0.5, 0.6) is 0 Å². The fourth-order valence-electron chi connectivity index (χ4n) is 5.55. The number of nitrogens with zero attached hydrogens (tertiary/aromatic N) is 10. The van der Waals surface area contributed by atoms with Gasteiger partial charge in [0.2, 0.25) is 0 Å². The van der Waals surface area contributed by atoms with Crippen molar-refractivity contribution in [3.8, 4) is 0 Å². The van der Waals surface area contributed by atoms with E-state index in [0.717, 1.165) is 47.8 Å². The third kappa shape index (κ3) is 8.02. The Kier molecular flexibility index (Phi) is 9.57. The van der Waals surface area contributed by atoms with E-state index in [2.05, 4.69) is 44.2 Å². The van der Waals surface area contributed by atoms with Crippen LogP contribution in [0, 0.1) is 0 Å². The Hall–Kier alpha value is -5.39. The maximum atomic E-state index is 13.0. The Morgan fingerprint density at radius 1 is 0.776 bits per heavy atom. The Morgan fingerprint density at radius 2 is 1.29 bits per heavy atom. The largest absolute Gasteiger partial charge is 0.443 e. The number of carbonyl (C=O) groups excluding carboxylic acids is 1. The standard InChI is InChI=1S/C20H23N5O2.C16H17N5.CH4/c1-20(2,3)27-19(26)24(13-14-5-4-9-21-12-14)18-11-16(15-6-7-15)23-17-8-10-22-25(17)18;1-20(11-12-3-2-7-17-10-12)16-9-14(13-4-5-13)19-15-6-8-18-21(15)16;/h4-5,8-12,15H,6-7,13H2,1-3H3;2-3,6-10,13H,4-5,11H2,1H3;1H4. The summed E-state index contributed by atoms with van der Waals surface area (Å²) in [7, 11) is 2.08. The third-order valence-electron chi connectivity index (χ3n) is 8.20. The number of carbonyl (C=O) groups is 1. The second-order valence-corrected chi connectivity index (χ2v) is 13.5. The van der Waals surface area contributed by atoms with E-state index in [1.165, 1.54) is 24.1 Å². The van der Waals surface area contributed by atoms with Crippen molar-refractivity contribution in [1.29, 1.82) is 0 Å². The Bertz CT molecular complexity index is 2010. The summed E-state index contributed by atoms with van der Waals surface area (Å²) >= 11 is 0. The van der Waals surface area contributed by atoms with E-state index in [4.69, 9.17) is 14.7 Å². The monoisotopic (exact) mass is 660 g/mol. The van der Waals surface area contributed by atoms with Gasteiger partial charge < -0.3 is 9.64 Å². The van der Waals surface area contributed by atoms with Gasteiger partial charge in [0.25, 0.3) is 0 Å². The van der Waals surface area contributed by atoms with Crippen LogP contribution in [0.1, 0.15) is 88.2 Å². The summed E-state index contributed by atoms with van der Waals surface area (Å²) < 4.78 is 9.26. The summed E-state index contributed by atoms with van der Waals surface area (Å²) in [6.45, 7) is 6.72. The lowest BCUT2D eigenvalue weighted by molar-refractivity contribution is 0.0575. The van der Waals surface area contributed by atoms with Gasteiger partial charge >= 0.3 is 6.09 Å². The normalized spacial score (nSPS) is 14.1. The summed E-state index contributed by atoms with van der Waals surface area (Å²) in [5, 5.41) is 8.77. The molecule has 0 aliphatic heterocycles. The molecule has 0 spiro atoms. The first-order chi connectivity index (χ1) is 23.2. The highest BCUT2D eigenvalue weighted by atomic mass is 16.6. The van der Waals surface area contributed by atoms with Crippen LogP contribution in [0.3, 0.4) is 0 Å². The van der Waals surface area contributed by atoms with Gasteiger partial charge in [0.05, 0.1) is 18.9 Å². The van der Waals surface area contributed by atoms with Gasteiger partial charge in [-0.1, -0.05) is 19.6 Å². The number of hydrogen-bond acceptors (Lipinski definition) is 9. The first-order valence-corrected chi connectivity index (χ1v) is 16.4. The maximum absolute atomic E-state index is 13.0. The fraction of sp³-hybridized carbons (Fsp3) is 0.378. The molecule has 49 heavy (non-hydrogen) atoms. The number of hydrogen-bond donors (Lipinski definition) is 0. The van der Waals surface area contributed by atoms with Crippen molar-refractivity contribution in [3.05, 3.63) is 108 Å². The number of aromatic nitrogens is 8. The molecule has 1 amide bonds. The van der Waals surface area contributed by atoms with Gasteiger partial charge in [-0.25, -0.2) is 14.8 Å². The van der Waals surface area contributed by atoms with E-state index >= 15 is 0 Å². The van der Waals surface area contributed by atoms with Crippen molar-refractivity contribution in [2.75, 3.05) is 16.8 Å². The number of amides is 1. The Balaban J connectivity index is 0.000000171. The molecule has 0 bridgehead atoms. The number of fused-ring (bicyclic) bond motifs is 2. The second-order valence-electron chi connectivity index (χ2n) is 13.5. The van der Waals surface area contributed by atoms with Crippen LogP contribution in [0.4, 0.5) is 16.4 Å². The van der Waals surface area contributed by atoms with E-state index in [1.54, 1.807) is 40.4 Å². The molecule has 8 rings (SSSR count). The van der Waals surface area contributed by atoms with Crippen LogP contribution in [-0.4, -0.2) is 57.9 Å². The van der Waals surface area contributed by atoms with E-state index in [0.29, 0.717) is 24.2 Å². The maximum Gasteiger partial charge on any atom is 0.416 e. The Labute approximate surface area is 286 Å². The van der Waals surface area contributed by atoms with Gasteiger partial charge in [0.1, 0.15) is 17.2 Å². The van der Waals surface area contributed by atoms with Crippen molar-refractivity contribution in [3.63, 3.8) is 0 Å². The molecular formula is C37H44N10O2. The number of rotatable bonds is 8. The van der Waals surface area contributed by atoms with Crippen LogP contribution in [0.2, 0.25) is 0 Å². The summed E-state index contributed by atoms with van der Waals surface area (Å²) in [4.78, 5) is 34.6. The van der Waals surface area contributed by atoms with Gasteiger partial charge in [-0.2, -0.15) is 19.2 Å². The van der Waals surface area contributed by atoms with E-state index in [-0.39, 0.29) is 7.43 Å². The SMILES string of the molecule is C.CC(C)(C)OC(=O)N(Cc1cccnc1)c1cc(C2CC2)nc2ccnn12.CN(Cc1cccnc1)c1cc(C2CC2)nc2ccnn12. The van der Waals surface area contributed by atoms with E-state index < -0.39 is 11.7 Å². The van der Waals surface area contributed by atoms with Gasteiger partial charge in [-0.15, -0.1) is 0 Å². The van der Waals surface area contributed by atoms with Crippen LogP contribution in [-0.2, 0) is 17.8 Å². The van der Waals surface area contributed by atoms with Gasteiger partial charge in [0, 0.05) is 85.9 Å². The van der Waals surface area contributed by atoms with Crippen molar-refractivity contribution < 1.29 is 9.53 Å². The topological polar surface area (TPSA) is 119 Å². The molecule has 2 saturated carbocycles. The first kappa shape index (κ1) is 33.5. The zero-order valence-electron chi connectivity index (χ0n) is 27.8. The van der Waals surface area contributed by atoms with Crippen molar-refractivity contribution in [1.82, 2.24) is 39.2 Å². The quantitative estimate of drug-likeness (QED) is 0.167. The average Bonchev–Trinajstić information content (AvgIpc) is 4.01. The summed E-state index contributed by atoms with van der Waals surface area (Å²) in [6.07, 6.45) is 15.0. The highest BCUT2D eigenvalue weighted by Gasteiger charge is 2.31. The molecular weight excluding hydrogens is 616 g/mol. The minimum absolute atomic E-state index is 0. The molecule has 254 valence electrons. The number of pyridine rings is 2.